The molecule has 4 nitrogen and oxygen atoms in total. The van der Waals surface area contributed by atoms with Gasteiger partial charge in [0.25, 0.3) is 0 Å². The standard InChI is InChI=1S/C11H9ClN2O2/c12-7-3-1-6(2-4-7)10-9(11(15)16)8(13)5-14-10/h1-5,14H,13H2,(H,15,16). The predicted octanol–water partition coefficient (Wildman–Crippen LogP) is 2.62. The highest BCUT2D eigenvalue weighted by Crippen LogP contribution is 2.27. The normalized spacial score (nSPS) is 10.3. The van der Waals surface area contributed by atoms with Crippen molar-refractivity contribution in [1.82, 2.24) is 4.98 Å². The van der Waals surface area contributed by atoms with Crippen LogP contribution in [0.2, 0.25) is 5.02 Å². The number of aromatic amines is 1. The van der Waals surface area contributed by atoms with Gasteiger partial charge in [0.2, 0.25) is 0 Å². The zero-order valence-electron chi connectivity index (χ0n) is 8.20. The first-order valence-corrected chi connectivity index (χ1v) is 4.93. The third kappa shape index (κ3) is 1.75. The molecule has 82 valence electrons. The molecular formula is C11H9ClN2O2. The van der Waals surface area contributed by atoms with Gasteiger partial charge in [-0.3, -0.25) is 0 Å². The molecule has 0 aliphatic rings. The van der Waals surface area contributed by atoms with Gasteiger partial charge >= 0.3 is 5.97 Å². The van der Waals surface area contributed by atoms with Crippen LogP contribution in [0.4, 0.5) is 5.69 Å². The Morgan fingerprint density at radius 1 is 1.31 bits per heavy atom. The van der Waals surface area contributed by atoms with E-state index in [-0.39, 0.29) is 11.3 Å². The molecule has 0 fully saturated rings. The maximum atomic E-state index is 11.0. The summed E-state index contributed by atoms with van der Waals surface area (Å²) in [6.45, 7) is 0. The molecule has 0 unspecified atom stereocenters. The molecule has 2 aromatic rings. The highest BCUT2D eigenvalue weighted by molar-refractivity contribution is 6.30. The Kier molecular flexibility index (Phi) is 2.58. The maximum Gasteiger partial charge on any atom is 0.340 e. The van der Waals surface area contributed by atoms with Gasteiger partial charge in [-0.15, -0.1) is 0 Å². The summed E-state index contributed by atoms with van der Waals surface area (Å²) in [6.07, 6.45) is 1.47. The fourth-order valence-electron chi connectivity index (χ4n) is 1.51. The molecule has 0 aliphatic heterocycles. The average Bonchev–Trinajstić information content (AvgIpc) is 2.61. The minimum absolute atomic E-state index is 0.0855. The van der Waals surface area contributed by atoms with Crippen molar-refractivity contribution in [2.45, 2.75) is 0 Å². The van der Waals surface area contributed by atoms with Crippen LogP contribution in [0.15, 0.2) is 30.5 Å². The summed E-state index contributed by atoms with van der Waals surface area (Å²) in [5.74, 6) is -1.05. The van der Waals surface area contributed by atoms with Gasteiger partial charge < -0.3 is 15.8 Å². The summed E-state index contributed by atoms with van der Waals surface area (Å²) in [4.78, 5) is 13.9. The van der Waals surface area contributed by atoms with Crippen molar-refractivity contribution >= 4 is 23.3 Å². The molecule has 2 rings (SSSR count). The van der Waals surface area contributed by atoms with Crippen LogP contribution in [0.1, 0.15) is 10.4 Å². The first kappa shape index (κ1) is 10.6. The summed E-state index contributed by atoms with van der Waals surface area (Å²) < 4.78 is 0. The summed E-state index contributed by atoms with van der Waals surface area (Å²) in [5.41, 5.74) is 7.10. The third-order valence-corrected chi connectivity index (χ3v) is 2.51. The topological polar surface area (TPSA) is 79.1 Å². The Morgan fingerprint density at radius 2 is 1.94 bits per heavy atom. The van der Waals surface area contributed by atoms with E-state index in [1.807, 2.05) is 0 Å². The van der Waals surface area contributed by atoms with Crippen molar-refractivity contribution < 1.29 is 9.90 Å². The minimum atomic E-state index is -1.05. The number of benzene rings is 1. The Balaban J connectivity index is 2.56. The SMILES string of the molecule is Nc1c[nH]c(-c2ccc(Cl)cc2)c1C(=O)O. The summed E-state index contributed by atoms with van der Waals surface area (Å²) in [7, 11) is 0. The lowest BCUT2D eigenvalue weighted by Crippen LogP contribution is -2.00. The number of aromatic carboxylic acids is 1. The fourth-order valence-corrected chi connectivity index (χ4v) is 1.64. The van der Waals surface area contributed by atoms with Gasteiger partial charge in [-0.1, -0.05) is 23.7 Å². The van der Waals surface area contributed by atoms with E-state index in [2.05, 4.69) is 4.98 Å². The van der Waals surface area contributed by atoms with E-state index < -0.39 is 5.97 Å². The second kappa shape index (κ2) is 3.90. The van der Waals surface area contributed by atoms with Crippen LogP contribution in [0.3, 0.4) is 0 Å². The molecule has 0 radical (unpaired) electrons. The van der Waals surface area contributed by atoms with Gasteiger partial charge in [-0.2, -0.15) is 0 Å². The average molecular weight is 237 g/mol. The summed E-state index contributed by atoms with van der Waals surface area (Å²) >= 11 is 5.76. The van der Waals surface area contributed by atoms with E-state index in [9.17, 15) is 4.79 Å². The number of carbonyl (C=O) groups is 1. The van der Waals surface area contributed by atoms with E-state index in [0.717, 1.165) is 5.56 Å². The molecule has 0 amide bonds. The molecule has 0 aliphatic carbocycles. The minimum Gasteiger partial charge on any atom is -0.478 e. The van der Waals surface area contributed by atoms with Gasteiger partial charge in [0.05, 0.1) is 11.4 Å². The molecular weight excluding hydrogens is 228 g/mol. The van der Waals surface area contributed by atoms with E-state index >= 15 is 0 Å². The molecule has 1 aromatic carbocycles. The molecule has 1 heterocycles. The Hall–Kier alpha value is -1.94. The predicted molar refractivity (Wildman–Crippen MR) is 62.6 cm³/mol. The molecule has 1 aromatic heterocycles. The van der Waals surface area contributed by atoms with Gasteiger partial charge in [0, 0.05) is 11.2 Å². The number of H-pyrrole nitrogens is 1. The van der Waals surface area contributed by atoms with Crippen molar-refractivity contribution in [3.8, 4) is 11.3 Å². The number of aromatic nitrogens is 1. The number of nitrogens with two attached hydrogens (primary N) is 1. The van der Waals surface area contributed by atoms with E-state index in [1.165, 1.54) is 6.20 Å². The Labute approximate surface area is 96.7 Å². The molecule has 0 atom stereocenters. The number of hydrogen-bond acceptors (Lipinski definition) is 2. The molecule has 16 heavy (non-hydrogen) atoms. The quantitative estimate of drug-likeness (QED) is 0.750. The van der Waals surface area contributed by atoms with Crippen molar-refractivity contribution in [2.75, 3.05) is 5.73 Å². The van der Waals surface area contributed by atoms with Gasteiger partial charge in [0.15, 0.2) is 0 Å². The number of halogens is 1. The number of hydrogen-bond donors (Lipinski definition) is 3. The molecule has 5 heteroatoms. The van der Waals surface area contributed by atoms with Crippen LogP contribution in [0, 0.1) is 0 Å². The maximum absolute atomic E-state index is 11.0. The fraction of sp³-hybridized carbons (Fsp3) is 0. The number of rotatable bonds is 2. The number of carboxylic acid groups (broad SMARTS) is 1. The Bertz CT molecular complexity index is 531. The monoisotopic (exact) mass is 236 g/mol. The second-order valence-electron chi connectivity index (χ2n) is 3.31. The van der Waals surface area contributed by atoms with Crippen LogP contribution in [0.5, 0.6) is 0 Å². The van der Waals surface area contributed by atoms with E-state index in [0.29, 0.717) is 10.7 Å². The van der Waals surface area contributed by atoms with Crippen LogP contribution >= 0.6 is 11.6 Å². The molecule has 0 saturated carbocycles. The lowest BCUT2D eigenvalue weighted by atomic mass is 10.1. The van der Waals surface area contributed by atoms with Crippen molar-refractivity contribution in [2.24, 2.45) is 0 Å². The van der Waals surface area contributed by atoms with Crippen molar-refractivity contribution in [1.29, 1.82) is 0 Å². The highest BCUT2D eigenvalue weighted by atomic mass is 35.5. The van der Waals surface area contributed by atoms with Crippen LogP contribution in [0.25, 0.3) is 11.3 Å². The van der Waals surface area contributed by atoms with Gasteiger partial charge in [0.1, 0.15) is 5.56 Å². The van der Waals surface area contributed by atoms with Crippen molar-refractivity contribution in [3.63, 3.8) is 0 Å². The summed E-state index contributed by atoms with van der Waals surface area (Å²) in [5, 5.41) is 9.62. The number of nitrogens with one attached hydrogen (secondary N) is 1. The van der Waals surface area contributed by atoms with E-state index in [1.54, 1.807) is 24.3 Å². The molecule has 0 spiro atoms. The number of carboxylic acids is 1. The zero-order chi connectivity index (χ0) is 11.7. The molecule has 4 N–H and O–H groups in total. The summed E-state index contributed by atoms with van der Waals surface area (Å²) in [6, 6.07) is 6.86. The smallest absolute Gasteiger partial charge is 0.340 e. The number of nitrogen functional groups attached to an aromatic ring is 1. The third-order valence-electron chi connectivity index (χ3n) is 2.26. The first-order valence-electron chi connectivity index (χ1n) is 4.55. The number of anilines is 1. The van der Waals surface area contributed by atoms with Crippen molar-refractivity contribution in [3.05, 3.63) is 41.0 Å². The van der Waals surface area contributed by atoms with Gasteiger partial charge in [-0.05, 0) is 17.7 Å². The Morgan fingerprint density at radius 3 is 2.50 bits per heavy atom. The second-order valence-corrected chi connectivity index (χ2v) is 3.74. The first-order chi connectivity index (χ1) is 7.59. The van der Waals surface area contributed by atoms with E-state index in [4.69, 9.17) is 22.4 Å². The lowest BCUT2D eigenvalue weighted by Gasteiger charge is -2.01. The van der Waals surface area contributed by atoms with Gasteiger partial charge in [-0.25, -0.2) is 4.79 Å². The molecule has 0 bridgehead atoms. The van der Waals surface area contributed by atoms with Crippen LogP contribution in [-0.2, 0) is 0 Å². The highest BCUT2D eigenvalue weighted by Gasteiger charge is 2.17. The molecule has 0 saturated heterocycles. The zero-order valence-corrected chi connectivity index (χ0v) is 8.95. The van der Waals surface area contributed by atoms with Crippen LogP contribution < -0.4 is 5.73 Å². The van der Waals surface area contributed by atoms with Crippen LogP contribution in [-0.4, -0.2) is 16.1 Å². The largest absolute Gasteiger partial charge is 0.478 e. The lowest BCUT2D eigenvalue weighted by molar-refractivity contribution is 0.0699.